The first-order valence-corrected chi connectivity index (χ1v) is 7.96. The van der Waals surface area contributed by atoms with E-state index in [2.05, 4.69) is 6.65 Å². The van der Waals surface area contributed by atoms with E-state index >= 15 is 0 Å². The van der Waals surface area contributed by atoms with Gasteiger partial charge in [-0.3, -0.25) is 38.7 Å². The summed E-state index contributed by atoms with van der Waals surface area (Å²) in [7, 11) is 0. The third kappa shape index (κ3) is 20.4. The maximum atomic E-state index is 11.0. The Balaban J connectivity index is -0.00000235. The Labute approximate surface area is 184 Å². The number of hydrogen-bond donors (Lipinski definition) is 5. The minimum absolute atomic E-state index is 0. The first-order chi connectivity index (χ1) is 13.5. The maximum absolute atomic E-state index is 11.0. The molecule has 0 aromatic carbocycles. The third-order valence-electron chi connectivity index (χ3n) is 3.26. The molecule has 0 aliphatic rings. The average molecular weight is 520 g/mol. The zero-order valence-electron chi connectivity index (χ0n) is 15.8. The van der Waals surface area contributed by atoms with Gasteiger partial charge in [0.1, 0.15) is 0 Å². The van der Waals surface area contributed by atoms with E-state index in [0.717, 1.165) is 9.80 Å². The van der Waals surface area contributed by atoms with Crippen LogP contribution < -0.4 is 0 Å². The van der Waals surface area contributed by atoms with Gasteiger partial charge in [-0.2, -0.15) is 0 Å². The summed E-state index contributed by atoms with van der Waals surface area (Å²) < 4.78 is 7.50. The molecular formula is C15H23N3O11Tc. The minimum atomic E-state index is -1.24. The summed E-state index contributed by atoms with van der Waals surface area (Å²) in [4.78, 5) is 57.6. The molecule has 0 aromatic heterocycles. The van der Waals surface area contributed by atoms with Crippen LogP contribution in [0.4, 0.5) is 0 Å². The second kappa shape index (κ2) is 18.6. The number of carboxylic acid groups (broad SMARTS) is 5. The fraction of sp³-hybridized carbons (Fsp3) is 0.600. The molecule has 0 fully saturated rings. The Hall–Kier alpha value is -2.38. The molecule has 0 saturated carbocycles. The number of carboxylic acids is 5. The summed E-state index contributed by atoms with van der Waals surface area (Å²) >= 11 is 0. The average Bonchev–Trinajstić information content (AvgIpc) is 2.56. The normalized spacial score (nSPS) is 10.0. The van der Waals surface area contributed by atoms with Crippen LogP contribution in [-0.2, 0) is 48.7 Å². The van der Waals surface area contributed by atoms with Crippen molar-refractivity contribution in [3.05, 3.63) is 6.65 Å². The van der Waals surface area contributed by atoms with Crippen molar-refractivity contribution >= 4 is 29.8 Å². The third-order valence-corrected chi connectivity index (χ3v) is 3.26. The number of nitrogens with zero attached hydrogens (tertiary/aromatic N) is 3. The quantitative estimate of drug-likeness (QED) is 0.103. The molecule has 0 amide bonds. The van der Waals surface area contributed by atoms with E-state index < -0.39 is 62.6 Å². The Kier molecular flexibility index (Phi) is 20.1. The van der Waals surface area contributed by atoms with Gasteiger partial charge in [0.05, 0.1) is 32.7 Å². The number of rotatable bonds is 16. The van der Waals surface area contributed by atoms with E-state index in [4.69, 9.17) is 30.2 Å². The van der Waals surface area contributed by atoms with Gasteiger partial charge in [0.2, 0.25) is 0 Å². The molecule has 0 bridgehead atoms. The zero-order valence-corrected chi connectivity index (χ0v) is 17.6. The van der Waals surface area contributed by atoms with Crippen molar-refractivity contribution in [2.45, 2.75) is 0 Å². The summed E-state index contributed by atoms with van der Waals surface area (Å²) in [6.45, 7) is 1.76. The molecule has 1 radical (unpaired) electrons. The molecule has 14 nitrogen and oxygen atoms in total. The molecule has 5 N–H and O–H groups in total. The fourth-order valence-electron chi connectivity index (χ4n) is 2.22. The molecule has 0 atom stereocenters. The summed E-state index contributed by atoms with van der Waals surface area (Å²) in [5.74, 6) is -6.16. The van der Waals surface area contributed by atoms with Gasteiger partial charge < -0.3 is 25.5 Å². The van der Waals surface area contributed by atoms with Gasteiger partial charge in [-0.25, -0.2) is 0 Å². The van der Waals surface area contributed by atoms with Crippen LogP contribution in [0.15, 0.2) is 0 Å². The van der Waals surface area contributed by atoms with E-state index in [1.807, 2.05) is 0 Å². The second-order valence-corrected chi connectivity index (χ2v) is 5.67. The summed E-state index contributed by atoms with van der Waals surface area (Å²) in [6, 6.07) is 0. The fourth-order valence-corrected chi connectivity index (χ4v) is 2.22. The van der Waals surface area contributed by atoms with Crippen LogP contribution in [0.1, 0.15) is 0 Å². The second-order valence-electron chi connectivity index (χ2n) is 5.67. The van der Waals surface area contributed by atoms with E-state index in [9.17, 15) is 24.0 Å². The van der Waals surface area contributed by atoms with Crippen LogP contribution >= 0.6 is 0 Å². The first kappa shape index (κ1) is 32.3. The SMILES string of the molecule is O=C(O)CN(CCN(CC(=O)O)CC(=O)O)CCN(CC(=O)O)CC(=O)O.[99Tc].[C-]#[O+]. The van der Waals surface area contributed by atoms with Crippen LogP contribution in [0.3, 0.4) is 0 Å². The Morgan fingerprint density at radius 3 is 0.867 bits per heavy atom. The van der Waals surface area contributed by atoms with Gasteiger partial charge in [-0.1, -0.05) is 0 Å². The predicted octanol–water partition coefficient (Wildman–Crippen LogP) is -2.72. The van der Waals surface area contributed by atoms with Crippen molar-refractivity contribution in [3.8, 4) is 0 Å². The predicted molar refractivity (Wildman–Crippen MR) is 91.4 cm³/mol. The number of aliphatic carboxylic acids is 5. The van der Waals surface area contributed by atoms with Gasteiger partial charge in [0.25, 0.3) is 0 Å². The summed E-state index contributed by atoms with van der Waals surface area (Å²) in [6.07, 6.45) is 0. The first-order valence-electron chi connectivity index (χ1n) is 7.96. The molecule has 0 aromatic rings. The van der Waals surface area contributed by atoms with Gasteiger partial charge in [0.15, 0.2) is 0 Å². The molecule has 0 unspecified atom stereocenters. The van der Waals surface area contributed by atoms with Crippen molar-refractivity contribution in [3.63, 3.8) is 0 Å². The van der Waals surface area contributed by atoms with Crippen LogP contribution in [0, 0.1) is 6.65 Å². The summed E-state index contributed by atoms with van der Waals surface area (Å²) in [5.41, 5.74) is 0. The number of hydrogen-bond acceptors (Lipinski definition) is 8. The number of carbonyl (C=O) groups is 5. The molecule has 171 valence electrons. The van der Waals surface area contributed by atoms with Gasteiger partial charge in [-0.15, -0.1) is 0 Å². The Morgan fingerprint density at radius 2 is 0.667 bits per heavy atom. The molecule has 0 spiro atoms. The van der Waals surface area contributed by atoms with E-state index in [1.54, 1.807) is 0 Å². The molecule has 0 aliphatic heterocycles. The van der Waals surface area contributed by atoms with Crippen molar-refractivity contribution < 1.29 is 74.3 Å². The molecule has 0 saturated heterocycles. The zero-order chi connectivity index (χ0) is 23.0. The monoisotopic (exact) mass is 520 g/mol. The molecule has 0 heterocycles. The van der Waals surface area contributed by atoms with Gasteiger partial charge in [-0.05, 0) is 0 Å². The Bertz CT molecular complexity index is 528. The van der Waals surface area contributed by atoms with Crippen LogP contribution in [0.25, 0.3) is 0 Å². The molecule has 0 aliphatic carbocycles. The molecule has 15 heteroatoms. The van der Waals surface area contributed by atoms with Crippen LogP contribution in [-0.4, -0.2) is 129 Å². The van der Waals surface area contributed by atoms with E-state index in [0.29, 0.717) is 0 Å². The van der Waals surface area contributed by atoms with Gasteiger partial charge >= 0.3 is 41.1 Å². The van der Waals surface area contributed by atoms with Crippen LogP contribution in [0.5, 0.6) is 0 Å². The van der Waals surface area contributed by atoms with Crippen molar-refractivity contribution in [1.29, 1.82) is 0 Å². The van der Waals surface area contributed by atoms with Crippen molar-refractivity contribution in [1.82, 2.24) is 14.7 Å². The van der Waals surface area contributed by atoms with E-state index in [1.165, 1.54) is 4.90 Å². The topological polar surface area (TPSA) is 216 Å². The van der Waals surface area contributed by atoms with Gasteiger partial charge in [0, 0.05) is 46.3 Å². The molecule has 30 heavy (non-hydrogen) atoms. The summed E-state index contributed by atoms with van der Waals surface area (Å²) in [5, 5.41) is 44.1. The van der Waals surface area contributed by atoms with E-state index in [-0.39, 0.29) is 46.3 Å². The molecule has 0 rings (SSSR count). The van der Waals surface area contributed by atoms with Crippen molar-refractivity contribution in [2.75, 3.05) is 58.9 Å². The van der Waals surface area contributed by atoms with Crippen molar-refractivity contribution in [2.24, 2.45) is 0 Å². The molecular weight excluding hydrogens is 497 g/mol. The Morgan fingerprint density at radius 1 is 0.500 bits per heavy atom. The standard InChI is InChI=1S/C14H23N3O10.CO.Tc/c18-10(19)5-15(1-3-16(6-11(20)21)7-12(22)23)2-4-17(8-13(24)25)9-14(26)27;1-2;/h1-9H2,(H,18,19)(H,20,21)(H,22,23)(H,24,25)(H,26,27);;/i;;1+1. The van der Waals surface area contributed by atoms with Crippen LogP contribution in [0.2, 0.25) is 0 Å².